The molecule has 2 aliphatic rings. The highest BCUT2D eigenvalue weighted by molar-refractivity contribution is 6.42. The minimum Gasteiger partial charge on any atom is -0.338 e. The van der Waals surface area contributed by atoms with Crippen LogP contribution in [0.25, 0.3) is 0 Å². The molecule has 0 saturated carbocycles. The fraction of sp³-hybridized carbons (Fsp3) is 0.429. The van der Waals surface area contributed by atoms with Crippen LogP contribution >= 0.6 is 23.2 Å². The van der Waals surface area contributed by atoms with Gasteiger partial charge in [0.2, 0.25) is 0 Å². The highest BCUT2D eigenvalue weighted by Gasteiger charge is 2.40. The summed E-state index contributed by atoms with van der Waals surface area (Å²) in [4.78, 5) is 30.3. The Morgan fingerprint density at radius 1 is 0.780 bits per heavy atom. The Bertz CT molecular complexity index is 1340. The molecule has 0 aliphatic carbocycles. The molecule has 2 heterocycles. The van der Waals surface area contributed by atoms with E-state index in [-0.39, 0.29) is 22.5 Å². The average Bonchev–Trinajstić information content (AvgIpc) is 3.00. The fourth-order valence-electron chi connectivity index (χ4n) is 7.16. The van der Waals surface area contributed by atoms with E-state index >= 15 is 0 Å². The van der Waals surface area contributed by atoms with Crippen LogP contribution in [0, 0.1) is 0 Å². The van der Waals surface area contributed by atoms with Crippen LogP contribution in [0.5, 0.6) is 0 Å². The molecule has 5 rings (SSSR count). The second-order valence-corrected chi connectivity index (χ2v) is 12.9. The van der Waals surface area contributed by atoms with E-state index in [1.807, 2.05) is 53.4 Å². The third-order valence-corrected chi connectivity index (χ3v) is 10.1. The second-order valence-electron chi connectivity index (χ2n) is 12.1. The third kappa shape index (κ3) is 6.88. The summed E-state index contributed by atoms with van der Waals surface area (Å²) in [6.07, 6.45) is 6.56. The van der Waals surface area contributed by atoms with Crippen LogP contribution in [0.15, 0.2) is 78.9 Å². The highest BCUT2D eigenvalue weighted by atomic mass is 35.5. The first-order chi connectivity index (χ1) is 19.8. The Kier molecular flexibility index (Phi) is 9.53. The molecule has 2 fully saturated rings. The molecule has 2 saturated heterocycles. The van der Waals surface area contributed by atoms with Gasteiger partial charge in [0.1, 0.15) is 5.78 Å². The molecule has 41 heavy (non-hydrogen) atoms. The smallest absolute Gasteiger partial charge is 0.253 e. The van der Waals surface area contributed by atoms with E-state index in [1.54, 1.807) is 6.92 Å². The SMILES string of the molecule is CC(=O)CC1(c2ccccc2)CCN(CCC[C@]2(c3ccc(Cl)c(Cl)c3)CCCN(C(=O)c3ccccc3)C2)CC1. The van der Waals surface area contributed by atoms with Crippen LogP contribution in [0.3, 0.4) is 0 Å². The zero-order valence-electron chi connectivity index (χ0n) is 24.0. The number of carbonyl (C=O) groups is 2. The van der Waals surface area contributed by atoms with E-state index < -0.39 is 0 Å². The van der Waals surface area contributed by atoms with Crippen molar-refractivity contribution < 1.29 is 9.59 Å². The lowest BCUT2D eigenvalue weighted by Gasteiger charge is -2.45. The van der Waals surface area contributed by atoms with Gasteiger partial charge in [0.05, 0.1) is 10.0 Å². The molecule has 0 unspecified atom stereocenters. The van der Waals surface area contributed by atoms with E-state index in [9.17, 15) is 9.59 Å². The largest absolute Gasteiger partial charge is 0.338 e. The van der Waals surface area contributed by atoms with E-state index in [0.29, 0.717) is 23.0 Å². The molecule has 0 aromatic heterocycles. The summed E-state index contributed by atoms with van der Waals surface area (Å²) in [5, 5.41) is 1.12. The van der Waals surface area contributed by atoms with Crippen molar-refractivity contribution in [3.63, 3.8) is 0 Å². The molecule has 1 amide bonds. The van der Waals surface area contributed by atoms with E-state index in [1.165, 1.54) is 11.1 Å². The topological polar surface area (TPSA) is 40.6 Å². The summed E-state index contributed by atoms with van der Waals surface area (Å²) in [5.41, 5.74) is 2.96. The summed E-state index contributed by atoms with van der Waals surface area (Å²) in [5.74, 6) is 0.353. The normalized spacial score (nSPS) is 21.0. The minimum absolute atomic E-state index is 0.0630. The Hall–Kier alpha value is -2.66. The summed E-state index contributed by atoms with van der Waals surface area (Å²) in [6, 6.07) is 26.2. The quantitative estimate of drug-likeness (QED) is 0.254. The number of amides is 1. The molecule has 0 bridgehead atoms. The number of Topliss-reactive ketones (excluding diaryl/α,β-unsaturated/α-hetero) is 1. The summed E-state index contributed by atoms with van der Waals surface area (Å²) >= 11 is 12.8. The predicted molar refractivity (Wildman–Crippen MR) is 168 cm³/mol. The van der Waals surface area contributed by atoms with E-state index in [0.717, 1.165) is 70.3 Å². The van der Waals surface area contributed by atoms with Gasteiger partial charge in [-0.15, -0.1) is 0 Å². The molecule has 0 N–H and O–H groups in total. The Labute approximate surface area is 254 Å². The first-order valence-corrected chi connectivity index (χ1v) is 15.6. The number of piperidine rings is 2. The molecule has 4 nitrogen and oxygen atoms in total. The van der Waals surface area contributed by atoms with Gasteiger partial charge >= 0.3 is 0 Å². The Morgan fingerprint density at radius 2 is 1.46 bits per heavy atom. The van der Waals surface area contributed by atoms with E-state index in [2.05, 4.69) is 35.2 Å². The maximum atomic E-state index is 13.5. The average molecular weight is 592 g/mol. The fourth-order valence-corrected chi connectivity index (χ4v) is 7.46. The molecule has 1 atom stereocenters. The summed E-state index contributed by atoms with van der Waals surface area (Å²) in [6.45, 7) is 6.13. The lowest BCUT2D eigenvalue weighted by molar-refractivity contribution is -0.118. The van der Waals surface area contributed by atoms with Gasteiger partial charge in [-0.05, 0) is 100 Å². The number of hydrogen-bond donors (Lipinski definition) is 0. The maximum absolute atomic E-state index is 13.5. The number of ketones is 1. The molecule has 3 aromatic carbocycles. The van der Waals surface area contributed by atoms with Crippen molar-refractivity contribution in [2.45, 2.75) is 62.7 Å². The maximum Gasteiger partial charge on any atom is 0.253 e. The molecule has 216 valence electrons. The van der Waals surface area contributed by atoms with Gasteiger partial charge in [-0.3, -0.25) is 9.59 Å². The van der Waals surface area contributed by atoms with Crippen molar-refractivity contribution in [2.75, 3.05) is 32.7 Å². The van der Waals surface area contributed by atoms with Crippen LogP contribution in [0.2, 0.25) is 10.0 Å². The highest BCUT2D eigenvalue weighted by Crippen LogP contribution is 2.42. The Balaban J connectivity index is 1.29. The summed E-state index contributed by atoms with van der Waals surface area (Å²) < 4.78 is 0. The van der Waals surface area contributed by atoms with Crippen molar-refractivity contribution >= 4 is 34.9 Å². The number of nitrogens with zero attached hydrogens (tertiary/aromatic N) is 2. The van der Waals surface area contributed by atoms with Crippen molar-refractivity contribution in [2.24, 2.45) is 0 Å². The first-order valence-electron chi connectivity index (χ1n) is 14.9. The van der Waals surface area contributed by atoms with Crippen molar-refractivity contribution in [3.8, 4) is 0 Å². The zero-order valence-corrected chi connectivity index (χ0v) is 25.5. The lowest BCUT2D eigenvalue weighted by atomic mass is 9.69. The van der Waals surface area contributed by atoms with E-state index in [4.69, 9.17) is 23.2 Å². The van der Waals surface area contributed by atoms with Crippen molar-refractivity contribution in [1.82, 2.24) is 9.80 Å². The number of hydrogen-bond acceptors (Lipinski definition) is 3. The molecule has 2 aliphatic heterocycles. The standard InChI is InChI=1S/C35H40Cl2N2O2/c1-27(40)25-34(29-12-6-3-7-13-29)18-22-38(23-19-34)20-8-16-35(30-14-15-31(36)32(37)24-30)17-9-21-39(26-35)33(41)28-10-4-2-5-11-28/h2-7,10-15,24H,8-9,16-23,25-26H2,1H3/t35-/m0/s1. The molecule has 3 aromatic rings. The van der Waals surface area contributed by atoms with Crippen LogP contribution in [0.1, 0.15) is 73.4 Å². The van der Waals surface area contributed by atoms with Crippen LogP contribution < -0.4 is 0 Å². The number of benzene rings is 3. The zero-order chi connectivity index (χ0) is 28.9. The van der Waals surface area contributed by atoms with Crippen molar-refractivity contribution in [1.29, 1.82) is 0 Å². The molecule has 0 spiro atoms. The Morgan fingerprint density at radius 3 is 2.12 bits per heavy atom. The first kappa shape index (κ1) is 29.8. The van der Waals surface area contributed by atoms with Gasteiger partial charge in [-0.25, -0.2) is 0 Å². The van der Waals surface area contributed by atoms with Gasteiger partial charge in [0.25, 0.3) is 5.91 Å². The van der Waals surface area contributed by atoms with Gasteiger partial charge in [-0.1, -0.05) is 77.8 Å². The number of carbonyl (C=O) groups excluding carboxylic acids is 2. The molecular weight excluding hydrogens is 551 g/mol. The predicted octanol–water partition coefficient (Wildman–Crippen LogP) is 7.96. The van der Waals surface area contributed by atoms with Gasteiger partial charge in [-0.2, -0.15) is 0 Å². The molecule has 0 radical (unpaired) electrons. The van der Waals surface area contributed by atoms with Gasteiger partial charge in [0, 0.05) is 35.9 Å². The minimum atomic E-state index is -0.171. The van der Waals surface area contributed by atoms with Gasteiger partial charge < -0.3 is 9.80 Å². The van der Waals surface area contributed by atoms with Crippen LogP contribution in [0.4, 0.5) is 0 Å². The lowest BCUT2D eigenvalue weighted by Crippen LogP contribution is -2.49. The molecular formula is C35H40Cl2N2O2. The number of likely N-dealkylation sites (tertiary alicyclic amines) is 2. The van der Waals surface area contributed by atoms with Crippen molar-refractivity contribution in [3.05, 3.63) is 106 Å². The van der Waals surface area contributed by atoms with Crippen LogP contribution in [-0.2, 0) is 15.6 Å². The number of halogens is 2. The monoisotopic (exact) mass is 590 g/mol. The third-order valence-electron chi connectivity index (χ3n) is 9.33. The van der Waals surface area contributed by atoms with Gasteiger partial charge in [0.15, 0.2) is 0 Å². The second kappa shape index (κ2) is 13.1. The van der Waals surface area contributed by atoms with Crippen LogP contribution in [-0.4, -0.2) is 54.2 Å². The summed E-state index contributed by atoms with van der Waals surface area (Å²) in [7, 11) is 0. The number of rotatable bonds is 9. The molecule has 6 heteroatoms.